The number of hydrogen-bond acceptors (Lipinski definition) is 4. The van der Waals surface area contributed by atoms with Crippen molar-refractivity contribution in [2.45, 2.75) is 25.3 Å². The Bertz CT molecular complexity index is 440. The molecule has 0 amide bonds. The highest BCUT2D eigenvalue weighted by atomic mass is 35.5. The molecule has 0 aliphatic heterocycles. The van der Waals surface area contributed by atoms with Crippen LogP contribution in [0.15, 0.2) is 12.1 Å². The summed E-state index contributed by atoms with van der Waals surface area (Å²) in [5.74, 6) is 1.83. The number of nitrogens with one attached hydrogen (secondary N) is 1. The van der Waals surface area contributed by atoms with Crippen molar-refractivity contribution in [3.8, 4) is 11.5 Å². The molecular formula is C14H21ClN2O2. The number of anilines is 1. The third-order valence-electron chi connectivity index (χ3n) is 3.78. The van der Waals surface area contributed by atoms with Crippen molar-refractivity contribution in [3.63, 3.8) is 0 Å². The number of methoxy groups -OCH3 is 2. The fourth-order valence-corrected chi connectivity index (χ4v) is 2.88. The zero-order valence-corrected chi connectivity index (χ0v) is 12.2. The summed E-state index contributed by atoms with van der Waals surface area (Å²) in [6, 6.07) is 4.04. The number of nitrogens with two attached hydrogens (primary N) is 1. The normalized spacial score (nSPS) is 22.3. The van der Waals surface area contributed by atoms with Crippen molar-refractivity contribution in [1.29, 1.82) is 0 Å². The molecule has 2 atom stereocenters. The van der Waals surface area contributed by atoms with Gasteiger partial charge in [-0.2, -0.15) is 0 Å². The number of rotatable bonds is 5. The summed E-state index contributed by atoms with van der Waals surface area (Å²) < 4.78 is 10.5. The van der Waals surface area contributed by atoms with Crippen LogP contribution in [-0.2, 0) is 0 Å². The van der Waals surface area contributed by atoms with E-state index in [1.165, 1.54) is 12.8 Å². The summed E-state index contributed by atoms with van der Waals surface area (Å²) in [5.41, 5.74) is 6.68. The molecule has 0 spiro atoms. The van der Waals surface area contributed by atoms with E-state index in [2.05, 4.69) is 5.32 Å². The Morgan fingerprint density at radius 1 is 1.26 bits per heavy atom. The van der Waals surface area contributed by atoms with Crippen LogP contribution in [0.25, 0.3) is 0 Å². The first-order valence-corrected chi connectivity index (χ1v) is 6.95. The second-order valence-corrected chi connectivity index (χ2v) is 5.27. The minimum absolute atomic E-state index is 0.389. The van der Waals surface area contributed by atoms with Crippen LogP contribution in [0.2, 0.25) is 5.02 Å². The van der Waals surface area contributed by atoms with Crippen LogP contribution < -0.4 is 20.5 Å². The van der Waals surface area contributed by atoms with Crippen LogP contribution in [0.3, 0.4) is 0 Å². The summed E-state index contributed by atoms with van der Waals surface area (Å²) in [6.45, 7) is 0.711. The third-order valence-corrected chi connectivity index (χ3v) is 4.09. The van der Waals surface area contributed by atoms with Crippen LogP contribution in [0.4, 0.5) is 5.69 Å². The molecule has 1 aliphatic carbocycles. The lowest BCUT2D eigenvalue weighted by Crippen LogP contribution is -2.29. The zero-order chi connectivity index (χ0) is 13.8. The van der Waals surface area contributed by atoms with Gasteiger partial charge >= 0.3 is 0 Å². The average Bonchev–Trinajstić information content (AvgIpc) is 2.87. The largest absolute Gasteiger partial charge is 0.493 e. The number of hydrogen-bond donors (Lipinski definition) is 2. The van der Waals surface area contributed by atoms with Crippen LogP contribution in [0.5, 0.6) is 11.5 Å². The topological polar surface area (TPSA) is 56.5 Å². The molecular weight excluding hydrogens is 264 g/mol. The Labute approximate surface area is 119 Å². The Hall–Kier alpha value is -1.13. The van der Waals surface area contributed by atoms with E-state index in [1.54, 1.807) is 20.3 Å². The first kappa shape index (κ1) is 14.3. The lowest BCUT2D eigenvalue weighted by molar-refractivity contribution is 0.355. The van der Waals surface area contributed by atoms with Crippen molar-refractivity contribution in [3.05, 3.63) is 17.2 Å². The minimum atomic E-state index is 0.389. The van der Waals surface area contributed by atoms with E-state index in [4.69, 9.17) is 26.8 Å². The number of ether oxygens (including phenoxy) is 2. The molecule has 0 heterocycles. The van der Waals surface area contributed by atoms with E-state index < -0.39 is 0 Å². The average molecular weight is 285 g/mol. The van der Waals surface area contributed by atoms with Gasteiger partial charge in [0.25, 0.3) is 0 Å². The fourth-order valence-electron chi connectivity index (χ4n) is 2.67. The van der Waals surface area contributed by atoms with E-state index in [9.17, 15) is 0 Å². The van der Waals surface area contributed by atoms with Gasteiger partial charge in [0.2, 0.25) is 0 Å². The molecule has 0 aromatic heterocycles. The summed E-state index contributed by atoms with van der Waals surface area (Å²) in [6.07, 6.45) is 3.52. The molecule has 106 valence electrons. The van der Waals surface area contributed by atoms with Gasteiger partial charge in [-0.05, 0) is 25.3 Å². The van der Waals surface area contributed by atoms with Gasteiger partial charge in [-0.15, -0.1) is 0 Å². The van der Waals surface area contributed by atoms with E-state index in [1.807, 2.05) is 6.07 Å². The lowest BCUT2D eigenvalue weighted by atomic mass is 10.0. The van der Waals surface area contributed by atoms with Gasteiger partial charge in [0, 0.05) is 18.2 Å². The van der Waals surface area contributed by atoms with Gasteiger partial charge in [0.15, 0.2) is 11.5 Å². The highest BCUT2D eigenvalue weighted by molar-refractivity contribution is 6.33. The van der Waals surface area contributed by atoms with Crippen LogP contribution >= 0.6 is 11.6 Å². The predicted molar refractivity (Wildman–Crippen MR) is 78.4 cm³/mol. The Morgan fingerprint density at radius 2 is 1.95 bits per heavy atom. The van der Waals surface area contributed by atoms with Gasteiger partial charge in [-0.25, -0.2) is 0 Å². The van der Waals surface area contributed by atoms with E-state index in [0.717, 1.165) is 12.1 Å². The number of benzene rings is 1. The molecule has 1 aliphatic rings. The van der Waals surface area contributed by atoms with Crippen LogP contribution in [-0.4, -0.2) is 26.8 Å². The molecule has 1 saturated carbocycles. The van der Waals surface area contributed by atoms with Gasteiger partial charge in [-0.1, -0.05) is 18.0 Å². The lowest BCUT2D eigenvalue weighted by Gasteiger charge is -2.22. The molecule has 19 heavy (non-hydrogen) atoms. The summed E-state index contributed by atoms with van der Waals surface area (Å²) in [4.78, 5) is 0. The number of halogens is 1. The van der Waals surface area contributed by atoms with Crippen molar-refractivity contribution in [1.82, 2.24) is 0 Å². The molecule has 1 fully saturated rings. The van der Waals surface area contributed by atoms with Crippen molar-refractivity contribution in [2.24, 2.45) is 11.7 Å². The molecule has 1 aromatic carbocycles. The standard InChI is InChI=1S/C14H21ClN2O2/c1-18-13-6-10(15)12(7-14(13)19-2)17-11-5-3-4-9(11)8-16/h6-7,9,11,17H,3-5,8,16H2,1-2H3. The zero-order valence-electron chi connectivity index (χ0n) is 11.4. The molecule has 4 nitrogen and oxygen atoms in total. The molecule has 0 bridgehead atoms. The first-order chi connectivity index (χ1) is 9.19. The molecule has 0 saturated heterocycles. The SMILES string of the molecule is COc1cc(Cl)c(NC2CCCC2CN)cc1OC. The first-order valence-electron chi connectivity index (χ1n) is 6.57. The maximum atomic E-state index is 6.28. The molecule has 2 unspecified atom stereocenters. The van der Waals surface area contributed by atoms with Crippen LogP contribution in [0, 0.1) is 5.92 Å². The van der Waals surface area contributed by atoms with Crippen LogP contribution in [0.1, 0.15) is 19.3 Å². The highest BCUT2D eigenvalue weighted by Gasteiger charge is 2.26. The smallest absolute Gasteiger partial charge is 0.162 e. The molecule has 3 N–H and O–H groups in total. The van der Waals surface area contributed by atoms with E-state index in [0.29, 0.717) is 35.0 Å². The molecule has 5 heteroatoms. The second kappa shape index (κ2) is 6.35. The monoisotopic (exact) mass is 284 g/mol. The highest BCUT2D eigenvalue weighted by Crippen LogP contribution is 2.38. The van der Waals surface area contributed by atoms with Gasteiger partial charge < -0.3 is 20.5 Å². The predicted octanol–water partition coefficient (Wildman–Crippen LogP) is 2.90. The van der Waals surface area contributed by atoms with Crippen molar-refractivity contribution >= 4 is 17.3 Å². The maximum Gasteiger partial charge on any atom is 0.162 e. The van der Waals surface area contributed by atoms with Crippen molar-refractivity contribution < 1.29 is 9.47 Å². The molecule has 2 rings (SSSR count). The van der Waals surface area contributed by atoms with Gasteiger partial charge in [0.1, 0.15) is 0 Å². The minimum Gasteiger partial charge on any atom is -0.493 e. The summed E-state index contributed by atoms with van der Waals surface area (Å²) in [7, 11) is 3.22. The third kappa shape index (κ3) is 3.07. The van der Waals surface area contributed by atoms with E-state index in [-0.39, 0.29) is 0 Å². The quantitative estimate of drug-likeness (QED) is 0.873. The summed E-state index contributed by atoms with van der Waals surface area (Å²) in [5, 5.41) is 4.13. The maximum absolute atomic E-state index is 6.28. The molecule has 1 aromatic rings. The Balaban J connectivity index is 2.20. The van der Waals surface area contributed by atoms with Crippen molar-refractivity contribution in [2.75, 3.05) is 26.1 Å². The summed E-state index contributed by atoms with van der Waals surface area (Å²) >= 11 is 6.28. The molecule has 0 radical (unpaired) electrons. The van der Waals surface area contributed by atoms with Gasteiger partial charge in [-0.3, -0.25) is 0 Å². The van der Waals surface area contributed by atoms with Gasteiger partial charge in [0.05, 0.1) is 24.9 Å². The Morgan fingerprint density at radius 3 is 2.58 bits per heavy atom. The fraction of sp³-hybridized carbons (Fsp3) is 0.571. The second-order valence-electron chi connectivity index (χ2n) is 4.86. The van der Waals surface area contributed by atoms with E-state index >= 15 is 0 Å². The Kier molecular flexibility index (Phi) is 4.77.